The SMILES string of the molecule is CCCC(CS)Cn1cc(Br)ccc1=O. The predicted octanol–water partition coefficient (Wildman–Crippen LogP) is 2.96. The summed E-state index contributed by atoms with van der Waals surface area (Å²) in [5.74, 6) is 1.30. The zero-order chi connectivity index (χ0) is 11.3. The highest BCUT2D eigenvalue weighted by molar-refractivity contribution is 9.10. The van der Waals surface area contributed by atoms with E-state index in [2.05, 4.69) is 35.5 Å². The first kappa shape index (κ1) is 12.8. The van der Waals surface area contributed by atoms with Gasteiger partial charge in [0.15, 0.2) is 0 Å². The Hall–Kier alpha value is -0.220. The second kappa shape index (κ2) is 6.38. The van der Waals surface area contributed by atoms with Crippen LogP contribution in [0.15, 0.2) is 27.6 Å². The van der Waals surface area contributed by atoms with Crippen molar-refractivity contribution in [2.24, 2.45) is 5.92 Å². The number of hydrogen-bond acceptors (Lipinski definition) is 2. The molecule has 1 rings (SSSR count). The number of halogens is 1. The first-order valence-corrected chi connectivity index (χ1v) is 6.56. The van der Waals surface area contributed by atoms with Crippen LogP contribution in [0.3, 0.4) is 0 Å². The summed E-state index contributed by atoms with van der Waals surface area (Å²) in [4.78, 5) is 11.5. The largest absolute Gasteiger partial charge is 0.314 e. The number of rotatable bonds is 5. The topological polar surface area (TPSA) is 22.0 Å². The zero-order valence-corrected chi connectivity index (χ0v) is 11.3. The predicted molar refractivity (Wildman–Crippen MR) is 70.7 cm³/mol. The molecular formula is C11H16BrNOS. The highest BCUT2D eigenvalue weighted by Crippen LogP contribution is 2.12. The molecule has 0 radical (unpaired) electrons. The van der Waals surface area contributed by atoms with E-state index < -0.39 is 0 Å². The molecule has 0 aliphatic carbocycles. The smallest absolute Gasteiger partial charge is 0.250 e. The molecular weight excluding hydrogens is 274 g/mol. The minimum Gasteiger partial charge on any atom is -0.314 e. The maximum atomic E-state index is 11.5. The molecule has 0 saturated heterocycles. The highest BCUT2D eigenvalue weighted by atomic mass is 79.9. The van der Waals surface area contributed by atoms with Gasteiger partial charge in [-0.1, -0.05) is 13.3 Å². The molecule has 0 spiro atoms. The molecule has 1 aromatic rings. The summed E-state index contributed by atoms with van der Waals surface area (Å²) in [6, 6.07) is 3.36. The number of thiol groups is 1. The van der Waals surface area contributed by atoms with Crippen molar-refractivity contribution in [2.75, 3.05) is 5.75 Å². The van der Waals surface area contributed by atoms with Crippen LogP contribution in [-0.4, -0.2) is 10.3 Å². The van der Waals surface area contributed by atoms with E-state index in [9.17, 15) is 4.79 Å². The second-order valence-corrected chi connectivity index (χ2v) is 4.96. The van der Waals surface area contributed by atoms with Crippen LogP contribution in [0.2, 0.25) is 0 Å². The van der Waals surface area contributed by atoms with Crippen molar-refractivity contribution in [3.8, 4) is 0 Å². The van der Waals surface area contributed by atoms with Crippen LogP contribution < -0.4 is 5.56 Å². The van der Waals surface area contributed by atoms with Gasteiger partial charge in [0, 0.05) is 23.3 Å². The summed E-state index contributed by atoms with van der Waals surface area (Å²) < 4.78 is 2.69. The van der Waals surface area contributed by atoms with Gasteiger partial charge in [-0.3, -0.25) is 4.79 Å². The van der Waals surface area contributed by atoms with Crippen molar-refractivity contribution in [1.82, 2.24) is 4.57 Å². The maximum absolute atomic E-state index is 11.5. The highest BCUT2D eigenvalue weighted by Gasteiger charge is 2.07. The average Bonchev–Trinajstić information content (AvgIpc) is 2.22. The molecule has 0 amide bonds. The number of nitrogens with zero attached hydrogens (tertiary/aromatic N) is 1. The van der Waals surface area contributed by atoms with Crippen molar-refractivity contribution in [1.29, 1.82) is 0 Å². The zero-order valence-electron chi connectivity index (χ0n) is 8.82. The number of aromatic nitrogens is 1. The summed E-state index contributed by atoms with van der Waals surface area (Å²) in [5.41, 5.74) is 0.0566. The summed E-state index contributed by atoms with van der Waals surface area (Å²) in [5, 5.41) is 0. The Balaban J connectivity index is 2.78. The van der Waals surface area contributed by atoms with Gasteiger partial charge in [-0.2, -0.15) is 12.6 Å². The summed E-state index contributed by atoms with van der Waals surface area (Å²) in [7, 11) is 0. The Labute approximate surface area is 104 Å². The van der Waals surface area contributed by atoms with E-state index in [4.69, 9.17) is 0 Å². The molecule has 4 heteroatoms. The fourth-order valence-corrected chi connectivity index (χ4v) is 2.25. The van der Waals surface area contributed by atoms with E-state index in [1.165, 1.54) is 0 Å². The lowest BCUT2D eigenvalue weighted by Crippen LogP contribution is -2.23. The molecule has 1 aromatic heterocycles. The average molecular weight is 290 g/mol. The monoisotopic (exact) mass is 289 g/mol. The van der Waals surface area contributed by atoms with E-state index >= 15 is 0 Å². The number of hydrogen-bond donors (Lipinski definition) is 1. The summed E-state index contributed by atoms with van der Waals surface area (Å²) >= 11 is 7.68. The Kier molecular flexibility index (Phi) is 5.47. The first-order valence-electron chi connectivity index (χ1n) is 5.14. The second-order valence-electron chi connectivity index (χ2n) is 3.68. The minimum atomic E-state index is 0.0566. The van der Waals surface area contributed by atoms with E-state index in [0.717, 1.165) is 29.6 Å². The molecule has 2 nitrogen and oxygen atoms in total. The van der Waals surface area contributed by atoms with Gasteiger partial charge in [0.25, 0.3) is 5.56 Å². The summed E-state index contributed by atoms with van der Waals surface area (Å²) in [6.45, 7) is 2.91. The normalized spacial score (nSPS) is 12.7. The molecule has 0 saturated carbocycles. The van der Waals surface area contributed by atoms with Gasteiger partial charge in [-0.25, -0.2) is 0 Å². The van der Waals surface area contributed by atoms with Gasteiger partial charge in [0.1, 0.15) is 0 Å². The quantitative estimate of drug-likeness (QED) is 0.827. The molecule has 0 fully saturated rings. The third-order valence-electron chi connectivity index (χ3n) is 2.36. The minimum absolute atomic E-state index is 0.0566. The first-order chi connectivity index (χ1) is 7.17. The van der Waals surface area contributed by atoms with Gasteiger partial charge < -0.3 is 4.57 Å². The lowest BCUT2D eigenvalue weighted by molar-refractivity contribution is 0.445. The molecule has 0 bridgehead atoms. The lowest BCUT2D eigenvalue weighted by atomic mass is 10.1. The summed E-state index contributed by atoms with van der Waals surface area (Å²) in [6.07, 6.45) is 4.09. The molecule has 1 atom stereocenters. The van der Waals surface area contributed by atoms with E-state index in [0.29, 0.717) is 5.92 Å². The van der Waals surface area contributed by atoms with Crippen LogP contribution in [0.5, 0.6) is 0 Å². The Morgan fingerprint density at radius 3 is 2.87 bits per heavy atom. The van der Waals surface area contributed by atoms with Gasteiger partial charge in [0.05, 0.1) is 0 Å². The van der Waals surface area contributed by atoms with Crippen LogP contribution in [0.1, 0.15) is 19.8 Å². The van der Waals surface area contributed by atoms with Crippen molar-refractivity contribution in [3.05, 3.63) is 33.2 Å². The fraction of sp³-hybridized carbons (Fsp3) is 0.545. The van der Waals surface area contributed by atoms with E-state index in [-0.39, 0.29) is 5.56 Å². The van der Waals surface area contributed by atoms with Crippen molar-refractivity contribution in [3.63, 3.8) is 0 Å². The van der Waals surface area contributed by atoms with Crippen LogP contribution in [0, 0.1) is 5.92 Å². The van der Waals surface area contributed by atoms with Crippen LogP contribution in [0.25, 0.3) is 0 Å². The Bertz CT molecular complexity index is 364. The fourth-order valence-electron chi connectivity index (χ4n) is 1.57. The van der Waals surface area contributed by atoms with Crippen LogP contribution in [0.4, 0.5) is 0 Å². The molecule has 1 unspecified atom stereocenters. The lowest BCUT2D eigenvalue weighted by Gasteiger charge is -2.15. The number of pyridine rings is 1. The van der Waals surface area contributed by atoms with Gasteiger partial charge in [-0.05, 0) is 40.1 Å². The molecule has 0 aliphatic rings. The van der Waals surface area contributed by atoms with Gasteiger partial charge in [0.2, 0.25) is 0 Å². The molecule has 1 heterocycles. The van der Waals surface area contributed by atoms with Crippen molar-refractivity contribution >= 4 is 28.6 Å². The van der Waals surface area contributed by atoms with Crippen molar-refractivity contribution < 1.29 is 0 Å². The van der Waals surface area contributed by atoms with Gasteiger partial charge in [-0.15, -0.1) is 0 Å². The third kappa shape index (κ3) is 4.03. The van der Waals surface area contributed by atoms with Crippen molar-refractivity contribution in [2.45, 2.75) is 26.3 Å². The Morgan fingerprint density at radius 2 is 2.27 bits per heavy atom. The molecule has 15 heavy (non-hydrogen) atoms. The molecule has 0 aliphatic heterocycles. The molecule has 0 N–H and O–H groups in total. The van der Waals surface area contributed by atoms with E-state index in [1.54, 1.807) is 16.7 Å². The van der Waals surface area contributed by atoms with Crippen LogP contribution >= 0.6 is 28.6 Å². The Morgan fingerprint density at radius 1 is 1.53 bits per heavy atom. The molecule has 84 valence electrons. The van der Waals surface area contributed by atoms with Crippen LogP contribution in [-0.2, 0) is 6.54 Å². The molecule has 0 aromatic carbocycles. The van der Waals surface area contributed by atoms with E-state index in [1.807, 2.05) is 6.20 Å². The standard InChI is InChI=1S/C11H16BrNOS/c1-2-3-9(8-15)6-13-7-10(12)4-5-11(13)14/h4-5,7,9,15H,2-3,6,8H2,1H3. The maximum Gasteiger partial charge on any atom is 0.250 e. The van der Waals surface area contributed by atoms with Gasteiger partial charge >= 0.3 is 0 Å². The third-order valence-corrected chi connectivity index (χ3v) is 3.34.